The second kappa shape index (κ2) is 5.57. The third-order valence-electron chi connectivity index (χ3n) is 2.33. The number of hydrogen-bond donors (Lipinski definition) is 2. The molecule has 1 aromatic carbocycles. The molecule has 0 aliphatic rings. The van der Waals surface area contributed by atoms with E-state index in [-0.39, 0.29) is 26.6 Å². The predicted molar refractivity (Wildman–Crippen MR) is 79.7 cm³/mol. The number of sulfonamides is 1. The lowest BCUT2D eigenvalue weighted by Gasteiger charge is -2.25. The Kier molecular flexibility index (Phi) is 4.90. The standard InChI is InChI=1S/C11H16BrClN2O3S/c1-11(2,16)6-15(3)19(17,18)9-5-7(13)4-8(14)10(9)12/h4-5,16H,6,14H2,1-3H3. The summed E-state index contributed by atoms with van der Waals surface area (Å²) in [7, 11) is -2.40. The Morgan fingerprint density at radius 2 is 2.00 bits per heavy atom. The third-order valence-corrected chi connectivity index (χ3v) is 5.52. The van der Waals surface area contributed by atoms with E-state index in [1.165, 1.54) is 33.0 Å². The van der Waals surface area contributed by atoms with Gasteiger partial charge in [-0.05, 0) is 41.9 Å². The number of nitrogen functional groups attached to an aromatic ring is 1. The maximum Gasteiger partial charge on any atom is 0.244 e. The first kappa shape index (κ1) is 16.7. The first-order chi connectivity index (χ1) is 8.45. The maximum absolute atomic E-state index is 12.4. The Balaban J connectivity index is 3.28. The summed E-state index contributed by atoms with van der Waals surface area (Å²) < 4.78 is 26.1. The Morgan fingerprint density at radius 3 is 2.47 bits per heavy atom. The molecule has 0 aliphatic carbocycles. The molecule has 1 aromatic rings. The van der Waals surface area contributed by atoms with Crippen molar-refractivity contribution in [3.8, 4) is 0 Å². The number of benzene rings is 1. The second-order valence-corrected chi connectivity index (χ2v) is 8.12. The average molecular weight is 372 g/mol. The molecule has 0 unspecified atom stereocenters. The van der Waals surface area contributed by atoms with Crippen LogP contribution in [0.1, 0.15) is 13.8 Å². The molecule has 0 spiro atoms. The van der Waals surface area contributed by atoms with Crippen LogP contribution >= 0.6 is 27.5 Å². The van der Waals surface area contributed by atoms with E-state index in [0.29, 0.717) is 0 Å². The van der Waals surface area contributed by atoms with E-state index in [4.69, 9.17) is 17.3 Å². The van der Waals surface area contributed by atoms with Crippen LogP contribution in [0.2, 0.25) is 5.02 Å². The van der Waals surface area contributed by atoms with Crippen molar-refractivity contribution in [1.29, 1.82) is 0 Å². The molecule has 3 N–H and O–H groups in total. The molecule has 0 bridgehead atoms. The van der Waals surface area contributed by atoms with Gasteiger partial charge in [0.2, 0.25) is 10.0 Å². The zero-order valence-electron chi connectivity index (χ0n) is 10.8. The largest absolute Gasteiger partial charge is 0.398 e. The van der Waals surface area contributed by atoms with E-state index in [0.717, 1.165) is 4.31 Å². The van der Waals surface area contributed by atoms with Gasteiger partial charge in [-0.1, -0.05) is 11.6 Å². The molecular formula is C11H16BrClN2O3S. The predicted octanol–water partition coefficient (Wildman–Crippen LogP) is 2.08. The molecule has 0 saturated carbocycles. The highest BCUT2D eigenvalue weighted by Gasteiger charge is 2.29. The fourth-order valence-electron chi connectivity index (χ4n) is 1.57. The summed E-state index contributed by atoms with van der Waals surface area (Å²) in [5.74, 6) is 0. The Labute approximate surface area is 126 Å². The third kappa shape index (κ3) is 4.06. The number of nitrogens with two attached hydrogens (primary N) is 1. The van der Waals surface area contributed by atoms with Crippen molar-refractivity contribution in [3.05, 3.63) is 21.6 Å². The quantitative estimate of drug-likeness (QED) is 0.794. The molecule has 0 saturated heterocycles. The minimum Gasteiger partial charge on any atom is -0.398 e. The minimum atomic E-state index is -3.79. The van der Waals surface area contributed by atoms with E-state index in [2.05, 4.69) is 15.9 Å². The van der Waals surface area contributed by atoms with Gasteiger partial charge in [-0.25, -0.2) is 8.42 Å². The fourth-order valence-corrected chi connectivity index (χ4v) is 4.15. The summed E-state index contributed by atoms with van der Waals surface area (Å²) in [6.07, 6.45) is 0. The first-order valence-electron chi connectivity index (χ1n) is 5.38. The molecule has 0 aromatic heterocycles. The normalized spacial score (nSPS) is 13.0. The summed E-state index contributed by atoms with van der Waals surface area (Å²) in [6, 6.07) is 2.78. The van der Waals surface area contributed by atoms with Crippen molar-refractivity contribution in [3.63, 3.8) is 0 Å². The fraction of sp³-hybridized carbons (Fsp3) is 0.455. The number of anilines is 1. The summed E-state index contributed by atoms with van der Waals surface area (Å²) >= 11 is 8.98. The van der Waals surface area contributed by atoms with E-state index >= 15 is 0 Å². The molecule has 8 heteroatoms. The van der Waals surface area contributed by atoms with Gasteiger partial charge in [-0.2, -0.15) is 4.31 Å². The lowest BCUT2D eigenvalue weighted by atomic mass is 10.1. The highest BCUT2D eigenvalue weighted by molar-refractivity contribution is 9.10. The van der Waals surface area contributed by atoms with Crippen LogP contribution in [0.25, 0.3) is 0 Å². The lowest BCUT2D eigenvalue weighted by molar-refractivity contribution is 0.0640. The van der Waals surface area contributed by atoms with Gasteiger partial charge in [0.1, 0.15) is 0 Å². The second-order valence-electron chi connectivity index (χ2n) is 4.88. The van der Waals surface area contributed by atoms with Gasteiger partial charge in [0.05, 0.1) is 15.0 Å². The van der Waals surface area contributed by atoms with Crippen LogP contribution in [-0.2, 0) is 10.0 Å². The van der Waals surface area contributed by atoms with Crippen LogP contribution in [0.3, 0.4) is 0 Å². The molecule has 1 rings (SSSR count). The average Bonchev–Trinajstić information content (AvgIpc) is 2.20. The first-order valence-corrected chi connectivity index (χ1v) is 7.99. The van der Waals surface area contributed by atoms with Crippen LogP contribution in [-0.4, -0.2) is 37.0 Å². The van der Waals surface area contributed by atoms with E-state index in [1.807, 2.05) is 0 Å². The van der Waals surface area contributed by atoms with Gasteiger partial charge in [0.15, 0.2) is 0 Å². The number of hydrogen-bond acceptors (Lipinski definition) is 4. The van der Waals surface area contributed by atoms with Gasteiger partial charge >= 0.3 is 0 Å². The van der Waals surface area contributed by atoms with Gasteiger partial charge in [-0.15, -0.1) is 0 Å². The van der Waals surface area contributed by atoms with Crippen molar-refractivity contribution >= 4 is 43.2 Å². The Bertz CT molecular complexity index is 584. The topological polar surface area (TPSA) is 83.6 Å². The van der Waals surface area contributed by atoms with Gasteiger partial charge < -0.3 is 10.8 Å². The summed E-state index contributed by atoms with van der Waals surface area (Å²) in [5.41, 5.74) is 4.78. The number of nitrogens with zero attached hydrogens (tertiary/aromatic N) is 1. The molecule has 0 heterocycles. The summed E-state index contributed by atoms with van der Waals surface area (Å²) in [5, 5.41) is 9.94. The van der Waals surface area contributed by atoms with Crippen LogP contribution in [0.4, 0.5) is 5.69 Å². The Hall–Kier alpha value is -0.340. The van der Waals surface area contributed by atoms with Gasteiger partial charge in [-0.3, -0.25) is 0 Å². The SMILES string of the molecule is CN(CC(C)(C)O)S(=O)(=O)c1cc(Cl)cc(N)c1Br. The molecule has 19 heavy (non-hydrogen) atoms. The molecule has 0 fully saturated rings. The van der Waals surface area contributed by atoms with Crippen molar-refractivity contribution in [2.75, 3.05) is 19.3 Å². The van der Waals surface area contributed by atoms with E-state index in [9.17, 15) is 13.5 Å². The highest BCUT2D eigenvalue weighted by atomic mass is 79.9. The highest BCUT2D eigenvalue weighted by Crippen LogP contribution is 2.33. The number of aliphatic hydroxyl groups is 1. The van der Waals surface area contributed by atoms with Crippen LogP contribution in [0, 0.1) is 0 Å². The number of rotatable bonds is 4. The molecule has 0 radical (unpaired) electrons. The lowest BCUT2D eigenvalue weighted by Crippen LogP contribution is -2.39. The van der Waals surface area contributed by atoms with E-state index in [1.54, 1.807) is 0 Å². The molecule has 108 valence electrons. The molecule has 0 atom stereocenters. The van der Waals surface area contributed by atoms with Crippen LogP contribution in [0.15, 0.2) is 21.5 Å². The summed E-state index contributed by atoms with van der Waals surface area (Å²) in [4.78, 5) is -0.0238. The molecule has 0 aliphatic heterocycles. The maximum atomic E-state index is 12.4. The molecule has 0 amide bonds. The minimum absolute atomic E-state index is 0.0238. The smallest absolute Gasteiger partial charge is 0.244 e. The molecule has 5 nitrogen and oxygen atoms in total. The zero-order chi connectivity index (χ0) is 15.0. The van der Waals surface area contributed by atoms with E-state index < -0.39 is 15.6 Å². The Morgan fingerprint density at radius 1 is 1.47 bits per heavy atom. The van der Waals surface area contributed by atoms with Crippen molar-refractivity contribution in [1.82, 2.24) is 4.31 Å². The van der Waals surface area contributed by atoms with Crippen molar-refractivity contribution in [2.24, 2.45) is 0 Å². The zero-order valence-corrected chi connectivity index (χ0v) is 14.0. The summed E-state index contributed by atoms with van der Waals surface area (Å²) in [6.45, 7) is 3.01. The molecular weight excluding hydrogens is 356 g/mol. The van der Waals surface area contributed by atoms with Gasteiger partial charge in [0, 0.05) is 24.3 Å². The van der Waals surface area contributed by atoms with Crippen LogP contribution < -0.4 is 5.73 Å². The van der Waals surface area contributed by atoms with Gasteiger partial charge in [0.25, 0.3) is 0 Å². The van der Waals surface area contributed by atoms with Crippen LogP contribution in [0.5, 0.6) is 0 Å². The van der Waals surface area contributed by atoms with Crippen molar-refractivity contribution < 1.29 is 13.5 Å². The monoisotopic (exact) mass is 370 g/mol. The number of likely N-dealkylation sites (N-methyl/N-ethyl adjacent to an activating group) is 1. The van der Waals surface area contributed by atoms with Crippen molar-refractivity contribution in [2.45, 2.75) is 24.3 Å². The number of halogens is 2.